The molecule has 0 amide bonds. The van der Waals surface area contributed by atoms with Crippen LogP contribution in [0.3, 0.4) is 0 Å². The number of nitrogens with one attached hydrogen (secondary N) is 1. The zero-order valence-corrected chi connectivity index (χ0v) is 16.2. The van der Waals surface area contributed by atoms with Gasteiger partial charge in [0.05, 0.1) is 11.1 Å². The molecule has 3 heterocycles. The molecule has 0 saturated carbocycles. The Kier molecular flexibility index (Phi) is 5.19. The Labute approximate surface area is 168 Å². The first-order valence-electron chi connectivity index (χ1n) is 7.92. The molecule has 9 heteroatoms. The molecule has 0 fully saturated rings. The molecule has 3 aromatic heterocycles. The van der Waals surface area contributed by atoms with Crippen LogP contribution in [0.25, 0.3) is 10.7 Å². The molecule has 0 spiro atoms. The molecule has 1 aromatic carbocycles. The van der Waals surface area contributed by atoms with Gasteiger partial charge < -0.3 is 9.15 Å². The number of thiophene rings is 1. The van der Waals surface area contributed by atoms with Gasteiger partial charge in [0.2, 0.25) is 4.77 Å². The van der Waals surface area contributed by atoms with Gasteiger partial charge >= 0.3 is 0 Å². The summed E-state index contributed by atoms with van der Waals surface area (Å²) < 4.78 is 13.4. The summed E-state index contributed by atoms with van der Waals surface area (Å²) in [5.74, 6) is 2.64. The topological polar surface area (TPSA) is 68.3 Å². The van der Waals surface area contributed by atoms with Gasteiger partial charge in [0.1, 0.15) is 23.9 Å². The first-order valence-corrected chi connectivity index (χ1v) is 9.58. The van der Waals surface area contributed by atoms with E-state index < -0.39 is 0 Å². The van der Waals surface area contributed by atoms with Gasteiger partial charge in [-0.15, -0.1) is 11.3 Å². The maximum Gasteiger partial charge on any atom is 0.216 e. The Bertz CT molecular complexity index is 1110. The van der Waals surface area contributed by atoms with Crippen molar-refractivity contribution < 1.29 is 9.15 Å². The van der Waals surface area contributed by atoms with Gasteiger partial charge in [-0.2, -0.15) is 14.9 Å². The highest BCUT2D eigenvalue weighted by atomic mass is 35.5. The number of furan rings is 1. The summed E-state index contributed by atoms with van der Waals surface area (Å²) in [4.78, 5) is 0.969. The Hall–Kier alpha value is -2.68. The van der Waals surface area contributed by atoms with Crippen LogP contribution >= 0.6 is 35.2 Å². The molecule has 0 aliphatic heterocycles. The Morgan fingerprint density at radius 3 is 2.89 bits per heavy atom. The van der Waals surface area contributed by atoms with E-state index in [9.17, 15) is 0 Å². The molecule has 136 valence electrons. The quantitative estimate of drug-likeness (QED) is 0.338. The molecule has 0 atom stereocenters. The second-order valence-electron chi connectivity index (χ2n) is 5.43. The van der Waals surface area contributed by atoms with Gasteiger partial charge in [-0.1, -0.05) is 17.7 Å². The van der Waals surface area contributed by atoms with Crippen LogP contribution in [0, 0.1) is 4.77 Å². The number of benzene rings is 1. The number of aromatic nitrogens is 3. The van der Waals surface area contributed by atoms with Crippen molar-refractivity contribution in [2.24, 2.45) is 5.10 Å². The zero-order chi connectivity index (χ0) is 18.6. The van der Waals surface area contributed by atoms with Crippen LogP contribution < -0.4 is 4.74 Å². The molecule has 0 unspecified atom stereocenters. The van der Waals surface area contributed by atoms with E-state index in [4.69, 9.17) is 33.0 Å². The standard InChI is InChI=1S/C18H13ClN4O2S2/c19-12-3-5-13(6-4-12)24-11-15-8-7-14(25-15)10-20-23-17(21-22-18(23)26)16-2-1-9-27-16/h1-10H,11H2,(H,22,26)/b20-10-. The van der Waals surface area contributed by atoms with Crippen LogP contribution in [0.4, 0.5) is 0 Å². The smallest absolute Gasteiger partial charge is 0.216 e. The molecule has 0 radical (unpaired) electrons. The zero-order valence-electron chi connectivity index (χ0n) is 13.8. The Balaban J connectivity index is 1.46. The fourth-order valence-electron chi connectivity index (χ4n) is 2.31. The van der Waals surface area contributed by atoms with Crippen LogP contribution in [0.1, 0.15) is 11.5 Å². The maximum absolute atomic E-state index is 5.86. The molecular formula is C18H13ClN4O2S2. The first kappa shape index (κ1) is 17.7. The summed E-state index contributed by atoms with van der Waals surface area (Å²) in [6, 6.07) is 14.7. The average Bonchev–Trinajstić information content (AvgIpc) is 3.41. The molecule has 0 bridgehead atoms. The van der Waals surface area contributed by atoms with E-state index in [2.05, 4.69) is 15.3 Å². The Morgan fingerprint density at radius 2 is 2.11 bits per heavy atom. The summed E-state index contributed by atoms with van der Waals surface area (Å²) in [7, 11) is 0. The number of ether oxygens (including phenoxy) is 1. The van der Waals surface area contributed by atoms with Crippen molar-refractivity contribution in [1.82, 2.24) is 14.9 Å². The summed E-state index contributed by atoms with van der Waals surface area (Å²) in [6.07, 6.45) is 1.59. The lowest BCUT2D eigenvalue weighted by atomic mass is 10.3. The highest BCUT2D eigenvalue weighted by Crippen LogP contribution is 2.22. The van der Waals surface area contributed by atoms with Gasteiger partial charge in [0.25, 0.3) is 0 Å². The second-order valence-corrected chi connectivity index (χ2v) is 7.20. The van der Waals surface area contributed by atoms with Crippen molar-refractivity contribution in [2.45, 2.75) is 6.61 Å². The Morgan fingerprint density at radius 1 is 1.26 bits per heavy atom. The van der Waals surface area contributed by atoms with Crippen LogP contribution in [0.2, 0.25) is 5.02 Å². The summed E-state index contributed by atoms with van der Waals surface area (Å²) >= 11 is 12.7. The normalized spacial score (nSPS) is 11.3. The predicted molar refractivity (Wildman–Crippen MR) is 108 cm³/mol. The lowest BCUT2D eigenvalue weighted by molar-refractivity contribution is 0.270. The largest absolute Gasteiger partial charge is 0.486 e. The minimum atomic E-state index is 0.307. The van der Waals surface area contributed by atoms with Gasteiger partial charge in [-0.05, 0) is 60.1 Å². The van der Waals surface area contributed by atoms with Crippen LogP contribution in [-0.2, 0) is 6.61 Å². The van der Waals surface area contributed by atoms with Crippen molar-refractivity contribution in [3.8, 4) is 16.5 Å². The third-order valence-corrected chi connectivity index (χ3v) is 4.95. The van der Waals surface area contributed by atoms with Gasteiger partial charge in [-0.25, -0.2) is 5.10 Å². The number of hydrogen-bond acceptors (Lipinski definition) is 6. The third-order valence-electron chi connectivity index (χ3n) is 3.57. The van der Waals surface area contributed by atoms with Crippen molar-refractivity contribution in [1.29, 1.82) is 0 Å². The van der Waals surface area contributed by atoms with Crippen LogP contribution in [0.5, 0.6) is 5.75 Å². The molecule has 1 N–H and O–H groups in total. The minimum Gasteiger partial charge on any atom is -0.486 e. The molecule has 0 aliphatic rings. The van der Waals surface area contributed by atoms with E-state index in [1.165, 1.54) is 0 Å². The summed E-state index contributed by atoms with van der Waals surface area (Å²) in [6.45, 7) is 0.307. The van der Waals surface area contributed by atoms with E-state index in [-0.39, 0.29) is 0 Å². The first-order chi connectivity index (χ1) is 13.2. The van der Waals surface area contributed by atoms with E-state index in [0.717, 1.165) is 10.6 Å². The maximum atomic E-state index is 5.86. The fourth-order valence-corrected chi connectivity index (χ4v) is 3.31. The number of nitrogens with zero attached hydrogens (tertiary/aromatic N) is 3. The number of H-pyrrole nitrogens is 1. The molecule has 27 heavy (non-hydrogen) atoms. The van der Waals surface area contributed by atoms with E-state index in [0.29, 0.717) is 33.7 Å². The predicted octanol–water partition coefficient (Wildman–Crippen LogP) is 5.38. The molecule has 4 rings (SSSR count). The molecular weight excluding hydrogens is 404 g/mol. The molecule has 6 nitrogen and oxygen atoms in total. The second kappa shape index (κ2) is 7.91. The average molecular weight is 417 g/mol. The fraction of sp³-hybridized carbons (Fsp3) is 0.0556. The van der Waals surface area contributed by atoms with Gasteiger partial charge in [0, 0.05) is 5.02 Å². The molecule has 0 aliphatic carbocycles. The highest BCUT2D eigenvalue weighted by Gasteiger charge is 2.09. The number of rotatable bonds is 6. The van der Waals surface area contributed by atoms with Gasteiger partial charge in [-0.3, -0.25) is 0 Å². The SMILES string of the molecule is S=c1[nH]nc(-c2cccs2)n1/N=C\c1ccc(COc2ccc(Cl)cc2)o1. The van der Waals surface area contributed by atoms with E-state index >= 15 is 0 Å². The number of aromatic amines is 1. The van der Waals surface area contributed by atoms with Crippen molar-refractivity contribution in [3.05, 3.63) is 75.2 Å². The highest BCUT2D eigenvalue weighted by molar-refractivity contribution is 7.71. The minimum absolute atomic E-state index is 0.307. The van der Waals surface area contributed by atoms with E-state index in [1.807, 2.05) is 29.6 Å². The van der Waals surface area contributed by atoms with Crippen molar-refractivity contribution >= 4 is 41.4 Å². The lowest BCUT2D eigenvalue weighted by Crippen LogP contribution is -1.94. The van der Waals surface area contributed by atoms with E-state index in [1.54, 1.807) is 46.5 Å². The van der Waals surface area contributed by atoms with Gasteiger partial charge in [0.15, 0.2) is 5.82 Å². The summed E-state index contributed by atoms with van der Waals surface area (Å²) in [5.41, 5.74) is 0. The van der Waals surface area contributed by atoms with Crippen LogP contribution in [0.15, 0.2) is 63.4 Å². The molecule has 0 saturated heterocycles. The monoisotopic (exact) mass is 416 g/mol. The lowest BCUT2D eigenvalue weighted by Gasteiger charge is -2.03. The number of hydrogen-bond donors (Lipinski definition) is 1. The van der Waals surface area contributed by atoms with Crippen molar-refractivity contribution in [2.75, 3.05) is 0 Å². The van der Waals surface area contributed by atoms with Crippen LogP contribution in [-0.4, -0.2) is 21.1 Å². The summed E-state index contributed by atoms with van der Waals surface area (Å²) in [5, 5.41) is 14.0. The van der Waals surface area contributed by atoms with Crippen molar-refractivity contribution in [3.63, 3.8) is 0 Å². The molecule has 4 aromatic rings. The number of halogens is 1. The third kappa shape index (κ3) is 4.19.